The highest BCUT2D eigenvalue weighted by Gasteiger charge is 2.09. The summed E-state index contributed by atoms with van der Waals surface area (Å²) in [4.78, 5) is 0.791. The number of alkyl halides is 1. The van der Waals surface area contributed by atoms with Crippen LogP contribution >= 0.6 is 11.6 Å². The Balaban J connectivity index is 2.61. The van der Waals surface area contributed by atoms with Crippen molar-refractivity contribution >= 4 is 22.6 Å². The lowest BCUT2D eigenvalue weighted by Crippen LogP contribution is -2.29. The summed E-state index contributed by atoms with van der Waals surface area (Å²) in [6.07, 6.45) is 3.59. The number of hydrogen-bond donors (Lipinski definition) is 1. The van der Waals surface area contributed by atoms with Crippen LogP contribution in [-0.2, 0) is 11.0 Å². The third kappa shape index (κ3) is 6.56. The Morgan fingerprint density at radius 3 is 2.65 bits per heavy atom. The molecule has 0 unspecified atom stereocenters. The molecule has 0 spiro atoms. The summed E-state index contributed by atoms with van der Waals surface area (Å²) in [5.74, 6) is 6.90. The summed E-state index contributed by atoms with van der Waals surface area (Å²) in [5, 5.41) is 0. The quantitative estimate of drug-likeness (QED) is 0.463. The van der Waals surface area contributed by atoms with E-state index in [1.165, 1.54) is 0 Å². The van der Waals surface area contributed by atoms with Gasteiger partial charge in [-0.2, -0.15) is 0 Å². The molecule has 1 aromatic carbocycles. The second kappa shape index (κ2) is 9.99. The Labute approximate surface area is 129 Å². The van der Waals surface area contributed by atoms with Gasteiger partial charge in [0, 0.05) is 12.3 Å². The van der Waals surface area contributed by atoms with E-state index in [1.807, 2.05) is 31.2 Å². The van der Waals surface area contributed by atoms with Crippen molar-refractivity contribution in [1.29, 1.82) is 0 Å². The number of halogens is 1. The van der Waals surface area contributed by atoms with Gasteiger partial charge in [-0.25, -0.2) is 8.93 Å². The maximum Gasteiger partial charge on any atom is 0.126 e. The van der Waals surface area contributed by atoms with E-state index in [4.69, 9.17) is 11.6 Å². The Morgan fingerprint density at radius 2 is 2.05 bits per heavy atom. The molecule has 0 saturated heterocycles. The lowest BCUT2D eigenvalue weighted by molar-refractivity contribution is 0.637. The molecule has 1 aromatic rings. The Kier molecular flexibility index (Phi) is 8.60. The molecule has 1 rings (SSSR count). The van der Waals surface area contributed by atoms with Crippen molar-refractivity contribution in [3.8, 4) is 11.8 Å². The fraction of sp³-hybridized carbons (Fsp3) is 0.500. The zero-order chi connectivity index (χ0) is 14.8. The monoisotopic (exact) mass is 311 g/mol. The Morgan fingerprint density at radius 1 is 1.35 bits per heavy atom. The molecule has 2 nitrogen and oxygen atoms in total. The first-order valence-electron chi connectivity index (χ1n) is 6.96. The minimum absolute atomic E-state index is 0.0301. The topological polar surface area (TPSA) is 29.1 Å². The second-order valence-electron chi connectivity index (χ2n) is 4.65. The van der Waals surface area contributed by atoms with Crippen molar-refractivity contribution in [2.45, 2.75) is 50.5 Å². The first kappa shape index (κ1) is 17.2. The number of nitrogens with one attached hydrogen (secondary N) is 1. The summed E-state index contributed by atoms with van der Waals surface area (Å²) in [7, 11) is -1.21. The van der Waals surface area contributed by atoms with Crippen molar-refractivity contribution in [1.82, 2.24) is 4.72 Å². The summed E-state index contributed by atoms with van der Waals surface area (Å²) < 4.78 is 15.3. The molecular formula is C16H22ClNOS. The van der Waals surface area contributed by atoms with Crippen molar-refractivity contribution in [3.05, 3.63) is 29.8 Å². The van der Waals surface area contributed by atoms with Gasteiger partial charge in [-0.05, 0) is 31.9 Å². The average molecular weight is 312 g/mol. The van der Waals surface area contributed by atoms with Crippen molar-refractivity contribution in [3.63, 3.8) is 0 Å². The molecule has 0 aromatic heterocycles. The third-order valence-electron chi connectivity index (χ3n) is 2.77. The van der Waals surface area contributed by atoms with E-state index in [9.17, 15) is 4.21 Å². The fourth-order valence-corrected chi connectivity index (χ4v) is 2.75. The van der Waals surface area contributed by atoms with Gasteiger partial charge in [0.05, 0.1) is 10.9 Å². The van der Waals surface area contributed by atoms with Crippen LogP contribution in [0.1, 0.15) is 38.2 Å². The third-order valence-corrected chi connectivity index (χ3v) is 4.24. The van der Waals surface area contributed by atoms with E-state index in [-0.39, 0.29) is 6.04 Å². The number of unbranched alkanes of at least 4 members (excludes halogenated alkanes) is 1. The van der Waals surface area contributed by atoms with Crippen LogP contribution in [0.15, 0.2) is 29.2 Å². The maximum absolute atomic E-state index is 12.2. The smallest absolute Gasteiger partial charge is 0.126 e. The minimum Gasteiger partial charge on any atom is -0.237 e. The standard InChI is InChI=1S/C16H22ClNOS/c1-3-7-15(8-5-4-6-13-17)18-20(19)16-11-9-14(2)10-12-16/h9-12,15,18H,3-4,6-7,13H2,1-2H3/t15-,20+/m1/s1. The average Bonchev–Trinajstić information content (AvgIpc) is 2.44. The highest BCUT2D eigenvalue weighted by molar-refractivity contribution is 7.83. The van der Waals surface area contributed by atoms with E-state index >= 15 is 0 Å². The number of hydrogen-bond acceptors (Lipinski definition) is 1. The maximum atomic E-state index is 12.2. The van der Waals surface area contributed by atoms with Gasteiger partial charge in [0.1, 0.15) is 11.0 Å². The highest BCUT2D eigenvalue weighted by atomic mass is 35.5. The molecule has 20 heavy (non-hydrogen) atoms. The van der Waals surface area contributed by atoms with Gasteiger partial charge >= 0.3 is 0 Å². The molecule has 0 saturated carbocycles. The molecule has 0 aliphatic rings. The molecule has 0 bridgehead atoms. The molecule has 0 aliphatic carbocycles. The van der Waals surface area contributed by atoms with Crippen LogP contribution in [0.3, 0.4) is 0 Å². The van der Waals surface area contributed by atoms with Crippen LogP contribution < -0.4 is 4.72 Å². The minimum atomic E-state index is -1.21. The fourth-order valence-electron chi connectivity index (χ4n) is 1.66. The molecule has 0 radical (unpaired) electrons. The van der Waals surface area contributed by atoms with Crippen LogP contribution in [0.25, 0.3) is 0 Å². The molecule has 0 fully saturated rings. The zero-order valence-electron chi connectivity index (χ0n) is 12.1. The first-order chi connectivity index (χ1) is 9.67. The van der Waals surface area contributed by atoms with Crippen LogP contribution in [0.5, 0.6) is 0 Å². The Hall–Kier alpha value is -0.820. The van der Waals surface area contributed by atoms with E-state index in [0.29, 0.717) is 5.88 Å². The summed E-state index contributed by atoms with van der Waals surface area (Å²) >= 11 is 5.62. The normalized spacial score (nSPS) is 13.3. The molecule has 0 heterocycles. The van der Waals surface area contributed by atoms with Crippen LogP contribution in [0, 0.1) is 18.8 Å². The van der Waals surface area contributed by atoms with Gasteiger partial charge in [-0.1, -0.05) is 37.0 Å². The number of aryl methyl sites for hydroxylation is 1. The van der Waals surface area contributed by atoms with Gasteiger partial charge in [0.25, 0.3) is 0 Å². The second-order valence-corrected chi connectivity index (χ2v) is 6.28. The Bertz CT molecular complexity index is 475. The van der Waals surface area contributed by atoms with Gasteiger partial charge < -0.3 is 0 Å². The van der Waals surface area contributed by atoms with Crippen molar-refractivity contribution in [2.75, 3.05) is 5.88 Å². The summed E-state index contributed by atoms with van der Waals surface area (Å²) in [5.41, 5.74) is 1.16. The predicted octanol–water partition coefficient (Wildman–Crippen LogP) is 3.80. The zero-order valence-corrected chi connectivity index (χ0v) is 13.7. The summed E-state index contributed by atoms with van der Waals surface area (Å²) in [6, 6.07) is 7.69. The van der Waals surface area contributed by atoms with Crippen LogP contribution in [0.4, 0.5) is 0 Å². The lowest BCUT2D eigenvalue weighted by Gasteiger charge is -2.11. The molecule has 1 N–H and O–H groups in total. The summed E-state index contributed by atoms with van der Waals surface area (Å²) in [6.45, 7) is 4.12. The molecule has 4 heteroatoms. The highest BCUT2D eigenvalue weighted by Crippen LogP contribution is 2.08. The van der Waals surface area contributed by atoms with Crippen LogP contribution in [0.2, 0.25) is 0 Å². The lowest BCUT2D eigenvalue weighted by atomic mass is 10.2. The molecular weight excluding hydrogens is 290 g/mol. The van der Waals surface area contributed by atoms with E-state index in [0.717, 1.165) is 36.1 Å². The SMILES string of the molecule is CCC[C@H](C#CCCCCl)N[S@@](=O)c1ccc(C)cc1. The predicted molar refractivity (Wildman–Crippen MR) is 87.1 cm³/mol. The first-order valence-corrected chi connectivity index (χ1v) is 8.64. The van der Waals surface area contributed by atoms with E-state index < -0.39 is 11.0 Å². The van der Waals surface area contributed by atoms with E-state index in [2.05, 4.69) is 23.5 Å². The number of benzene rings is 1. The number of rotatable bonds is 7. The van der Waals surface area contributed by atoms with Gasteiger partial charge in [0.15, 0.2) is 0 Å². The molecule has 2 atom stereocenters. The van der Waals surface area contributed by atoms with Gasteiger partial charge in [0.2, 0.25) is 0 Å². The van der Waals surface area contributed by atoms with Gasteiger partial charge in [-0.15, -0.1) is 17.5 Å². The largest absolute Gasteiger partial charge is 0.237 e. The molecule has 110 valence electrons. The van der Waals surface area contributed by atoms with Crippen molar-refractivity contribution < 1.29 is 4.21 Å². The van der Waals surface area contributed by atoms with E-state index in [1.54, 1.807) is 0 Å². The molecule has 0 aliphatic heterocycles. The molecule has 0 amide bonds. The van der Waals surface area contributed by atoms with Gasteiger partial charge in [-0.3, -0.25) is 0 Å². The van der Waals surface area contributed by atoms with Crippen LogP contribution in [-0.4, -0.2) is 16.1 Å². The van der Waals surface area contributed by atoms with Crippen molar-refractivity contribution in [2.24, 2.45) is 0 Å².